The standard InChI is InChI=1S/C10H16O4/c1-6-10(14-6)9-2-7(3-13-9)11-4-8-5-12-8/h6-10H,2-5H2,1H3. The third-order valence-electron chi connectivity index (χ3n) is 3.04. The lowest BCUT2D eigenvalue weighted by Gasteiger charge is -2.07. The van der Waals surface area contributed by atoms with Gasteiger partial charge in [-0.1, -0.05) is 0 Å². The molecular weight excluding hydrogens is 184 g/mol. The van der Waals surface area contributed by atoms with Gasteiger partial charge >= 0.3 is 0 Å². The molecular formula is C10H16O4. The second-order valence-electron chi connectivity index (χ2n) is 4.32. The Kier molecular flexibility index (Phi) is 2.24. The monoisotopic (exact) mass is 200 g/mol. The van der Waals surface area contributed by atoms with Gasteiger partial charge in [0.25, 0.3) is 0 Å². The zero-order chi connectivity index (χ0) is 9.54. The highest BCUT2D eigenvalue weighted by atomic mass is 16.6. The van der Waals surface area contributed by atoms with Crippen molar-refractivity contribution in [2.75, 3.05) is 19.8 Å². The van der Waals surface area contributed by atoms with E-state index in [1.54, 1.807) is 0 Å². The fraction of sp³-hybridized carbons (Fsp3) is 1.00. The van der Waals surface area contributed by atoms with Crippen LogP contribution in [0.4, 0.5) is 0 Å². The topological polar surface area (TPSA) is 43.5 Å². The molecule has 5 atom stereocenters. The Bertz CT molecular complexity index is 216. The Morgan fingerprint density at radius 2 is 2.07 bits per heavy atom. The minimum absolute atomic E-state index is 0.251. The predicted molar refractivity (Wildman–Crippen MR) is 48.2 cm³/mol. The van der Waals surface area contributed by atoms with Gasteiger partial charge in [-0.2, -0.15) is 0 Å². The number of hydrogen-bond donors (Lipinski definition) is 0. The molecule has 3 rings (SSSR count). The number of ether oxygens (including phenoxy) is 4. The van der Waals surface area contributed by atoms with E-state index in [9.17, 15) is 0 Å². The number of epoxide rings is 2. The minimum atomic E-state index is 0.251. The molecule has 80 valence electrons. The first-order valence-corrected chi connectivity index (χ1v) is 5.33. The zero-order valence-corrected chi connectivity index (χ0v) is 8.35. The molecule has 3 saturated heterocycles. The van der Waals surface area contributed by atoms with Crippen LogP contribution in [-0.4, -0.2) is 50.3 Å². The van der Waals surface area contributed by atoms with Crippen molar-refractivity contribution >= 4 is 0 Å². The van der Waals surface area contributed by atoms with Gasteiger partial charge in [-0.25, -0.2) is 0 Å². The summed E-state index contributed by atoms with van der Waals surface area (Å²) in [6.45, 7) is 4.38. The molecule has 14 heavy (non-hydrogen) atoms. The van der Waals surface area contributed by atoms with Crippen molar-refractivity contribution in [1.82, 2.24) is 0 Å². The minimum Gasteiger partial charge on any atom is -0.373 e. The van der Waals surface area contributed by atoms with Crippen LogP contribution in [0, 0.1) is 0 Å². The maximum atomic E-state index is 5.66. The average Bonchev–Trinajstić information content (AvgIpc) is 3.07. The normalized spacial score (nSPS) is 50.8. The van der Waals surface area contributed by atoms with Crippen LogP contribution < -0.4 is 0 Å². The molecule has 5 unspecified atom stereocenters. The Morgan fingerprint density at radius 3 is 2.71 bits per heavy atom. The van der Waals surface area contributed by atoms with Gasteiger partial charge < -0.3 is 18.9 Å². The van der Waals surface area contributed by atoms with E-state index in [1.165, 1.54) is 0 Å². The van der Waals surface area contributed by atoms with Crippen LogP contribution in [0.5, 0.6) is 0 Å². The maximum Gasteiger partial charge on any atom is 0.110 e. The van der Waals surface area contributed by atoms with Gasteiger partial charge in [-0.3, -0.25) is 0 Å². The van der Waals surface area contributed by atoms with Gasteiger partial charge in [0, 0.05) is 6.42 Å². The summed E-state index contributed by atoms with van der Waals surface area (Å²) in [5.41, 5.74) is 0. The second-order valence-corrected chi connectivity index (χ2v) is 4.32. The molecule has 0 saturated carbocycles. The van der Waals surface area contributed by atoms with E-state index < -0.39 is 0 Å². The summed E-state index contributed by atoms with van der Waals surface area (Å²) in [4.78, 5) is 0. The molecule has 0 amide bonds. The van der Waals surface area contributed by atoms with E-state index in [1.807, 2.05) is 0 Å². The first-order valence-electron chi connectivity index (χ1n) is 5.33. The molecule has 0 aromatic carbocycles. The van der Waals surface area contributed by atoms with Gasteiger partial charge in [0.05, 0.1) is 38.1 Å². The van der Waals surface area contributed by atoms with Crippen molar-refractivity contribution in [3.63, 3.8) is 0 Å². The summed E-state index contributed by atoms with van der Waals surface area (Å²) in [6.07, 6.45) is 2.54. The van der Waals surface area contributed by atoms with E-state index in [4.69, 9.17) is 18.9 Å². The quantitative estimate of drug-likeness (QED) is 0.614. The molecule has 4 heteroatoms. The van der Waals surface area contributed by atoms with Crippen molar-refractivity contribution in [1.29, 1.82) is 0 Å². The van der Waals surface area contributed by atoms with Crippen LogP contribution in [-0.2, 0) is 18.9 Å². The number of rotatable bonds is 4. The third-order valence-corrected chi connectivity index (χ3v) is 3.04. The summed E-state index contributed by atoms with van der Waals surface area (Å²) in [5, 5.41) is 0. The fourth-order valence-electron chi connectivity index (χ4n) is 1.97. The molecule has 3 fully saturated rings. The van der Waals surface area contributed by atoms with Gasteiger partial charge in [-0.05, 0) is 6.92 Å². The fourth-order valence-corrected chi connectivity index (χ4v) is 1.97. The molecule has 3 heterocycles. The first kappa shape index (κ1) is 9.09. The lowest BCUT2D eigenvalue weighted by atomic mass is 10.1. The second kappa shape index (κ2) is 3.45. The lowest BCUT2D eigenvalue weighted by Crippen LogP contribution is -2.18. The van der Waals surface area contributed by atoms with Gasteiger partial charge in [0.2, 0.25) is 0 Å². The van der Waals surface area contributed by atoms with Crippen LogP contribution >= 0.6 is 0 Å². The van der Waals surface area contributed by atoms with Gasteiger partial charge in [-0.15, -0.1) is 0 Å². The van der Waals surface area contributed by atoms with Crippen molar-refractivity contribution in [2.24, 2.45) is 0 Å². The van der Waals surface area contributed by atoms with Crippen LogP contribution in [0.15, 0.2) is 0 Å². The van der Waals surface area contributed by atoms with E-state index in [0.717, 1.165) is 19.6 Å². The molecule has 0 bridgehead atoms. The summed E-state index contributed by atoms with van der Waals surface area (Å²) in [7, 11) is 0. The van der Waals surface area contributed by atoms with Crippen LogP contribution in [0.1, 0.15) is 13.3 Å². The smallest absolute Gasteiger partial charge is 0.110 e. The van der Waals surface area contributed by atoms with Crippen LogP contribution in [0.2, 0.25) is 0 Å². The van der Waals surface area contributed by atoms with Crippen molar-refractivity contribution in [2.45, 2.75) is 43.9 Å². The molecule has 0 aromatic heterocycles. The zero-order valence-electron chi connectivity index (χ0n) is 8.35. The Morgan fingerprint density at radius 1 is 1.29 bits per heavy atom. The van der Waals surface area contributed by atoms with Crippen LogP contribution in [0.25, 0.3) is 0 Å². The third kappa shape index (κ3) is 1.93. The molecule has 3 aliphatic rings. The van der Waals surface area contributed by atoms with Crippen LogP contribution in [0.3, 0.4) is 0 Å². The predicted octanol–water partition coefficient (Wildman–Crippen LogP) is 0.347. The van der Waals surface area contributed by atoms with Crippen molar-refractivity contribution in [3.8, 4) is 0 Å². The highest BCUT2D eigenvalue weighted by Gasteiger charge is 2.46. The number of hydrogen-bond acceptors (Lipinski definition) is 4. The first-order chi connectivity index (χ1) is 6.83. The molecule has 0 aromatic rings. The largest absolute Gasteiger partial charge is 0.373 e. The molecule has 0 aliphatic carbocycles. The molecule has 0 radical (unpaired) electrons. The van der Waals surface area contributed by atoms with E-state index in [-0.39, 0.29) is 12.2 Å². The van der Waals surface area contributed by atoms with Crippen molar-refractivity contribution < 1.29 is 18.9 Å². The average molecular weight is 200 g/mol. The summed E-state index contributed by atoms with van der Waals surface area (Å²) in [5.74, 6) is 0. The lowest BCUT2D eigenvalue weighted by molar-refractivity contribution is 0.0276. The molecule has 4 nitrogen and oxygen atoms in total. The Labute approximate surface area is 83.5 Å². The van der Waals surface area contributed by atoms with Gasteiger partial charge in [0.15, 0.2) is 0 Å². The van der Waals surface area contributed by atoms with E-state index >= 15 is 0 Å². The Balaban J connectivity index is 1.40. The van der Waals surface area contributed by atoms with E-state index in [0.29, 0.717) is 24.9 Å². The summed E-state index contributed by atoms with van der Waals surface area (Å²) < 4.78 is 21.7. The van der Waals surface area contributed by atoms with E-state index in [2.05, 4.69) is 6.92 Å². The molecule has 0 spiro atoms. The SMILES string of the molecule is CC1OC1C1CC(OCC2CO2)CO1. The summed E-state index contributed by atoms with van der Waals surface area (Å²) >= 11 is 0. The molecule has 3 aliphatic heterocycles. The highest BCUT2D eigenvalue weighted by Crippen LogP contribution is 2.33. The van der Waals surface area contributed by atoms with Crippen molar-refractivity contribution in [3.05, 3.63) is 0 Å². The summed E-state index contributed by atoms with van der Waals surface area (Å²) in [6, 6.07) is 0. The maximum absolute atomic E-state index is 5.66. The highest BCUT2D eigenvalue weighted by molar-refractivity contribution is 4.92. The van der Waals surface area contributed by atoms with Gasteiger partial charge in [0.1, 0.15) is 12.2 Å². The molecule has 0 N–H and O–H groups in total. The Hall–Kier alpha value is -0.160.